The van der Waals surface area contributed by atoms with Gasteiger partial charge in [-0.2, -0.15) is 0 Å². The predicted molar refractivity (Wildman–Crippen MR) is 132 cm³/mol. The van der Waals surface area contributed by atoms with Crippen molar-refractivity contribution in [3.63, 3.8) is 0 Å². The number of hydrogen-bond acceptors (Lipinski definition) is 2. The smallest absolute Gasteiger partial charge is 0.0486 e. The van der Waals surface area contributed by atoms with Crippen LogP contribution in [0.15, 0.2) is 22.9 Å². The van der Waals surface area contributed by atoms with Crippen LogP contribution in [-0.2, 0) is 5.41 Å². The maximum atomic E-state index is 5.36. The Bertz CT molecular complexity index is 717. The Balaban J connectivity index is 1.58. The van der Waals surface area contributed by atoms with Gasteiger partial charge in [0.15, 0.2) is 0 Å². The Labute approximate surface area is 187 Å². The Kier molecular flexibility index (Phi) is 9.35. The first-order valence-corrected chi connectivity index (χ1v) is 13.7. The molecule has 29 heavy (non-hydrogen) atoms. The van der Waals surface area contributed by atoms with Gasteiger partial charge in [0.25, 0.3) is 0 Å². The summed E-state index contributed by atoms with van der Waals surface area (Å²) in [6.07, 6.45) is 25.3. The van der Waals surface area contributed by atoms with Crippen LogP contribution in [0.4, 0.5) is 0 Å². The fourth-order valence-electron chi connectivity index (χ4n) is 5.10. The van der Waals surface area contributed by atoms with Crippen LogP contribution in [0.2, 0.25) is 0 Å². The van der Waals surface area contributed by atoms with E-state index in [0.717, 1.165) is 6.42 Å². The van der Waals surface area contributed by atoms with Gasteiger partial charge in [0.2, 0.25) is 0 Å². The second-order valence-corrected chi connectivity index (χ2v) is 10.6. The highest BCUT2D eigenvalue weighted by Crippen LogP contribution is 2.57. The van der Waals surface area contributed by atoms with Crippen LogP contribution in [0.25, 0.3) is 9.75 Å². The Morgan fingerprint density at radius 3 is 1.72 bits per heavy atom. The van der Waals surface area contributed by atoms with Crippen molar-refractivity contribution in [2.75, 3.05) is 0 Å². The summed E-state index contributed by atoms with van der Waals surface area (Å²) in [5.41, 5.74) is 3.62. The summed E-state index contributed by atoms with van der Waals surface area (Å²) >= 11 is 3.92. The second kappa shape index (κ2) is 12.0. The summed E-state index contributed by atoms with van der Waals surface area (Å²) in [7, 11) is 0. The number of rotatable bonds is 15. The van der Waals surface area contributed by atoms with Crippen molar-refractivity contribution in [1.29, 1.82) is 0 Å². The zero-order chi connectivity index (χ0) is 20.4. The molecule has 0 bridgehead atoms. The minimum atomic E-state index is 0.304. The monoisotopic (exact) mass is 426 g/mol. The van der Waals surface area contributed by atoms with Crippen molar-refractivity contribution in [3.8, 4) is 22.1 Å². The molecule has 0 aromatic carbocycles. The largest absolute Gasteiger partial charge is 0.143 e. The molecule has 0 nitrogen and oxygen atoms in total. The van der Waals surface area contributed by atoms with Crippen molar-refractivity contribution in [2.45, 2.75) is 109 Å². The molecule has 1 aliphatic carbocycles. The van der Waals surface area contributed by atoms with E-state index in [9.17, 15) is 0 Å². The number of hydrogen-bond donors (Lipinski definition) is 0. The number of terminal acetylenes is 1. The molecule has 0 saturated carbocycles. The lowest BCUT2D eigenvalue weighted by Gasteiger charge is -2.31. The summed E-state index contributed by atoms with van der Waals surface area (Å²) in [5.74, 6) is 2.76. The van der Waals surface area contributed by atoms with Gasteiger partial charge >= 0.3 is 0 Å². The van der Waals surface area contributed by atoms with Crippen molar-refractivity contribution in [1.82, 2.24) is 0 Å². The molecule has 2 aromatic heterocycles. The van der Waals surface area contributed by atoms with E-state index in [2.05, 4.69) is 35.7 Å². The maximum absolute atomic E-state index is 5.36. The SMILES string of the molecule is C#CCCCCCCCCC1(CCCCCCCC)c2ccsc2-c2sccc21. The van der Waals surface area contributed by atoms with Crippen molar-refractivity contribution in [2.24, 2.45) is 0 Å². The summed E-state index contributed by atoms with van der Waals surface area (Å²) in [4.78, 5) is 3.16. The summed E-state index contributed by atoms with van der Waals surface area (Å²) in [5, 5.41) is 4.66. The third-order valence-corrected chi connectivity index (χ3v) is 8.69. The van der Waals surface area contributed by atoms with Crippen LogP contribution in [0.1, 0.15) is 114 Å². The van der Waals surface area contributed by atoms with E-state index in [-0.39, 0.29) is 0 Å². The molecule has 0 fully saturated rings. The van der Waals surface area contributed by atoms with E-state index in [1.165, 1.54) is 89.9 Å². The molecule has 2 aromatic rings. The van der Waals surface area contributed by atoms with Gasteiger partial charge in [0.1, 0.15) is 0 Å². The van der Waals surface area contributed by atoms with E-state index >= 15 is 0 Å². The zero-order valence-electron chi connectivity index (χ0n) is 18.3. The van der Waals surface area contributed by atoms with Gasteiger partial charge in [-0.25, -0.2) is 0 Å². The molecule has 3 rings (SSSR count). The lowest BCUT2D eigenvalue weighted by molar-refractivity contribution is 0.398. The highest BCUT2D eigenvalue weighted by Gasteiger charge is 2.43. The van der Waals surface area contributed by atoms with E-state index in [1.54, 1.807) is 20.9 Å². The van der Waals surface area contributed by atoms with Crippen LogP contribution in [-0.4, -0.2) is 0 Å². The van der Waals surface area contributed by atoms with Crippen LogP contribution in [0.3, 0.4) is 0 Å². The van der Waals surface area contributed by atoms with Crippen molar-refractivity contribution >= 4 is 22.7 Å². The summed E-state index contributed by atoms with van der Waals surface area (Å²) in [6.45, 7) is 2.30. The first kappa shape index (κ1) is 22.6. The zero-order valence-corrected chi connectivity index (χ0v) is 19.9. The van der Waals surface area contributed by atoms with Gasteiger partial charge in [0.05, 0.1) is 0 Å². The van der Waals surface area contributed by atoms with Gasteiger partial charge in [-0.05, 0) is 53.3 Å². The van der Waals surface area contributed by atoms with Crippen molar-refractivity contribution < 1.29 is 0 Å². The summed E-state index contributed by atoms with van der Waals surface area (Å²) in [6, 6.07) is 4.90. The van der Waals surface area contributed by atoms with Gasteiger partial charge in [-0.3, -0.25) is 0 Å². The molecule has 0 spiro atoms. The Morgan fingerprint density at radius 1 is 0.724 bits per heavy atom. The van der Waals surface area contributed by atoms with Crippen molar-refractivity contribution in [3.05, 3.63) is 34.0 Å². The topological polar surface area (TPSA) is 0 Å². The number of thiophene rings is 2. The molecular formula is C27H38S2. The molecule has 0 amide bonds. The average molecular weight is 427 g/mol. The fraction of sp³-hybridized carbons (Fsp3) is 0.630. The molecular weight excluding hydrogens is 388 g/mol. The van der Waals surface area contributed by atoms with Crippen LogP contribution in [0.5, 0.6) is 0 Å². The number of unbranched alkanes of at least 4 members (excludes halogenated alkanes) is 11. The molecule has 158 valence electrons. The van der Waals surface area contributed by atoms with E-state index in [1.807, 2.05) is 22.7 Å². The normalized spacial score (nSPS) is 13.9. The standard InChI is InChI=1S/C27H38S2/c1-3-5-7-9-11-12-14-16-20-27(19-15-13-10-8-6-4-2)23-17-21-28-25(23)26-24(27)18-22-29-26/h1,17-18,21-22H,4-16,19-20H2,2H3. The van der Waals surface area contributed by atoms with Gasteiger partial charge in [-0.1, -0.05) is 77.6 Å². The predicted octanol–water partition coefficient (Wildman–Crippen LogP) is 9.58. The van der Waals surface area contributed by atoms with Gasteiger partial charge < -0.3 is 0 Å². The maximum Gasteiger partial charge on any atom is 0.0486 e. The van der Waals surface area contributed by atoms with Gasteiger partial charge in [0, 0.05) is 21.6 Å². The molecule has 0 saturated heterocycles. The molecule has 0 atom stereocenters. The average Bonchev–Trinajstić information content (AvgIpc) is 3.43. The van der Waals surface area contributed by atoms with Crippen LogP contribution >= 0.6 is 22.7 Å². The molecule has 1 aliphatic rings. The quantitative estimate of drug-likeness (QED) is 0.196. The summed E-state index contributed by atoms with van der Waals surface area (Å²) < 4.78 is 0. The molecule has 2 heterocycles. The van der Waals surface area contributed by atoms with E-state index < -0.39 is 0 Å². The molecule has 2 heteroatoms. The van der Waals surface area contributed by atoms with Crippen LogP contribution < -0.4 is 0 Å². The third kappa shape index (κ3) is 5.56. The molecule has 0 aliphatic heterocycles. The Hall–Kier alpha value is -1.04. The first-order chi connectivity index (χ1) is 14.3. The minimum Gasteiger partial charge on any atom is -0.143 e. The van der Waals surface area contributed by atoms with E-state index in [4.69, 9.17) is 6.42 Å². The third-order valence-electron chi connectivity index (χ3n) is 6.70. The second-order valence-electron chi connectivity index (χ2n) is 8.75. The van der Waals surface area contributed by atoms with Gasteiger partial charge in [-0.15, -0.1) is 35.0 Å². The highest BCUT2D eigenvalue weighted by molar-refractivity contribution is 7.21. The van der Waals surface area contributed by atoms with E-state index in [0.29, 0.717) is 5.41 Å². The highest BCUT2D eigenvalue weighted by atomic mass is 32.1. The lowest BCUT2D eigenvalue weighted by atomic mass is 9.71. The number of fused-ring (bicyclic) bond motifs is 3. The van der Waals surface area contributed by atoms with Crippen LogP contribution in [0, 0.1) is 12.3 Å². The molecule has 0 radical (unpaired) electrons. The molecule has 0 N–H and O–H groups in total. The fourth-order valence-corrected chi connectivity index (χ4v) is 7.28. The lowest BCUT2D eigenvalue weighted by Crippen LogP contribution is -2.24. The first-order valence-electron chi connectivity index (χ1n) is 11.9. The molecule has 0 unspecified atom stereocenters. The minimum absolute atomic E-state index is 0.304. The Morgan fingerprint density at radius 2 is 1.21 bits per heavy atom.